The predicted molar refractivity (Wildman–Crippen MR) is 30.2 cm³/mol. The van der Waals surface area contributed by atoms with Crippen molar-refractivity contribution in [3.05, 3.63) is 0 Å². The molecule has 1 aliphatic rings. The molecule has 1 unspecified atom stereocenters. The summed E-state index contributed by atoms with van der Waals surface area (Å²) in [6.07, 6.45) is 0. The van der Waals surface area contributed by atoms with Crippen LogP contribution in [0.3, 0.4) is 0 Å². The molecular formula is C4H4BrF2NO. The molecule has 0 radical (unpaired) electrons. The molecule has 1 heterocycles. The third-order valence-corrected chi connectivity index (χ3v) is 2.07. The fourth-order valence-electron chi connectivity index (χ4n) is 0.585. The molecule has 1 fully saturated rings. The van der Waals surface area contributed by atoms with Crippen molar-refractivity contribution in [3.8, 4) is 0 Å². The lowest BCUT2D eigenvalue weighted by atomic mass is 10.7. The van der Waals surface area contributed by atoms with E-state index in [1.165, 1.54) is 0 Å². The van der Waals surface area contributed by atoms with Crippen LogP contribution in [0.1, 0.15) is 6.92 Å². The van der Waals surface area contributed by atoms with Gasteiger partial charge in [0.1, 0.15) is 0 Å². The first-order valence-corrected chi connectivity index (χ1v) is 3.21. The van der Waals surface area contributed by atoms with Crippen LogP contribution in [0, 0.1) is 0 Å². The van der Waals surface area contributed by atoms with Gasteiger partial charge in [0.25, 0.3) is 0 Å². The lowest BCUT2D eigenvalue weighted by Crippen LogP contribution is -2.11. The second-order valence-corrected chi connectivity index (χ2v) is 2.68. The third-order valence-electron chi connectivity index (χ3n) is 1.11. The Morgan fingerprint density at radius 1 is 1.78 bits per heavy atom. The van der Waals surface area contributed by atoms with Crippen LogP contribution in [0.15, 0.2) is 0 Å². The van der Waals surface area contributed by atoms with Crippen LogP contribution in [-0.4, -0.2) is 21.8 Å². The number of halogens is 3. The van der Waals surface area contributed by atoms with Crippen LogP contribution in [0.4, 0.5) is 8.78 Å². The van der Waals surface area contributed by atoms with Crippen molar-refractivity contribution in [2.75, 3.05) is 0 Å². The van der Waals surface area contributed by atoms with Gasteiger partial charge >= 0.3 is 6.05 Å². The van der Waals surface area contributed by atoms with Gasteiger partial charge in [-0.05, 0) is 0 Å². The Balaban J connectivity index is 2.62. The van der Waals surface area contributed by atoms with E-state index in [1.54, 1.807) is 0 Å². The highest BCUT2D eigenvalue weighted by atomic mass is 79.9. The van der Waals surface area contributed by atoms with E-state index in [0.29, 0.717) is 4.90 Å². The Labute approximate surface area is 58.9 Å². The van der Waals surface area contributed by atoms with E-state index >= 15 is 0 Å². The lowest BCUT2D eigenvalue weighted by Gasteiger charge is -1.92. The van der Waals surface area contributed by atoms with Crippen LogP contribution >= 0.6 is 15.9 Å². The van der Waals surface area contributed by atoms with E-state index in [1.807, 2.05) is 0 Å². The molecule has 1 rings (SSSR count). The SMILES string of the molecule is CC(=O)N1C(Br)C1(F)F. The minimum atomic E-state index is -2.95. The largest absolute Gasteiger partial charge is 0.359 e. The van der Waals surface area contributed by atoms with Gasteiger partial charge in [0.05, 0.1) is 0 Å². The number of nitrogens with zero attached hydrogens (tertiary/aromatic N) is 1. The molecule has 2 nitrogen and oxygen atoms in total. The smallest absolute Gasteiger partial charge is 0.275 e. The van der Waals surface area contributed by atoms with Gasteiger partial charge in [0.15, 0.2) is 4.95 Å². The predicted octanol–water partition coefficient (Wildman–Crippen LogP) is 1.16. The molecule has 0 spiro atoms. The Morgan fingerprint density at radius 2 is 2.11 bits per heavy atom. The number of hydrogen-bond donors (Lipinski definition) is 0. The zero-order valence-electron chi connectivity index (χ0n) is 4.57. The quantitative estimate of drug-likeness (QED) is 0.326. The molecule has 52 valence electrons. The summed E-state index contributed by atoms with van der Waals surface area (Å²) in [5.74, 6) is -0.609. The van der Waals surface area contributed by atoms with Gasteiger partial charge in [0.2, 0.25) is 5.91 Å². The van der Waals surface area contributed by atoms with Gasteiger partial charge in [-0.25, -0.2) is 0 Å². The summed E-state index contributed by atoms with van der Waals surface area (Å²) in [5.41, 5.74) is 0. The van der Waals surface area contributed by atoms with Crippen molar-refractivity contribution in [1.29, 1.82) is 0 Å². The van der Waals surface area contributed by atoms with Crippen molar-refractivity contribution >= 4 is 21.8 Å². The maximum Gasteiger partial charge on any atom is 0.359 e. The Kier molecular flexibility index (Phi) is 1.27. The van der Waals surface area contributed by atoms with Gasteiger partial charge < -0.3 is 0 Å². The molecule has 0 aromatic carbocycles. The highest BCUT2D eigenvalue weighted by Gasteiger charge is 2.67. The molecule has 1 saturated heterocycles. The van der Waals surface area contributed by atoms with Crippen molar-refractivity contribution in [3.63, 3.8) is 0 Å². The van der Waals surface area contributed by atoms with Crippen molar-refractivity contribution < 1.29 is 13.6 Å². The maximum absolute atomic E-state index is 12.1. The second-order valence-electron chi connectivity index (χ2n) is 1.81. The van der Waals surface area contributed by atoms with E-state index in [2.05, 4.69) is 15.9 Å². The van der Waals surface area contributed by atoms with Crippen molar-refractivity contribution in [2.45, 2.75) is 17.9 Å². The molecular weight excluding hydrogens is 196 g/mol. The molecule has 0 bridgehead atoms. The van der Waals surface area contributed by atoms with Crippen molar-refractivity contribution in [1.82, 2.24) is 4.90 Å². The highest BCUT2D eigenvalue weighted by molar-refractivity contribution is 9.09. The molecule has 1 amide bonds. The average Bonchev–Trinajstić information content (AvgIpc) is 2.07. The Morgan fingerprint density at radius 3 is 2.11 bits per heavy atom. The fourth-order valence-corrected chi connectivity index (χ4v) is 1.25. The number of hydrogen-bond acceptors (Lipinski definition) is 1. The first-order valence-electron chi connectivity index (χ1n) is 2.29. The Bertz CT molecular complexity index is 161. The number of carbonyl (C=O) groups is 1. The minimum absolute atomic E-state index is 0.465. The fraction of sp³-hybridized carbons (Fsp3) is 0.750. The van der Waals surface area contributed by atoms with Crippen LogP contribution in [0.25, 0.3) is 0 Å². The van der Waals surface area contributed by atoms with E-state index in [0.717, 1.165) is 6.92 Å². The van der Waals surface area contributed by atoms with Crippen molar-refractivity contribution in [2.24, 2.45) is 0 Å². The number of alkyl halides is 3. The van der Waals surface area contributed by atoms with Gasteiger partial charge in [-0.2, -0.15) is 8.78 Å². The molecule has 0 aromatic heterocycles. The normalized spacial score (nSPS) is 30.2. The van der Waals surface area contributed by atoms with Gasteiger partial charge in [0, 0.05) is 6.92 Å². The zero-order chi connectivity index (χ0) is 7.23. The van der Waals surface area contributed by atoms with Gasteiger partial charge in [-0.15, -0.1) is 0 Å². The molecule has 0 saturated carbocycles. The highest BCUT2D eigenvalue weighted by Crippen LogP contribution is 2.47. The number of rotatable bonds is 0. The summed E-state index contributed by atoms with van der Waals surface area (Å²) in [4.78, 5) is 9.63. The van der Waals surface area contributed by atoms with Gasteiger partial charge in [-0.1, -0.05) is 15.9 Å². The first-order chi connectivity index (χ1) is 3.98. The number of carbonyl (C=O) groups excluding carboxylic acids is 1. The summed E-state index contributed by atoms with van der Waals surface area (Å²) in [6, 6.07) is -2.95. The monoisotopic (exact) mass is 199 g/mol. The summed E-state index contributed by atoms with van der Waals surface area (Å²) >= 11 is 2.63. The molecule has 1 aliphatic heterocycles. The third kappa shape index (κ3) is 0.831. The van der Waals surface area contributed by atoms with E-state index in [4.69, 9.17) is 0 Å². The zero-order valence-corrected chi connectivity index (χ0v) is 6.15. The molecule has 5 heteroatoms. The van der Waals surface area contributed by atoms with E-state index in [9.17, 15) is 13.6 Å². The van der Waals surface area contributed by atoms with Crippen LogP contribution in [0.5, 0.6) is 0 Å². The first kappa shape index (κ1) is 6.92. The average molecular weight is 200 g/mol. The number of amides is 1. The molecule has 1 atom stereocenters. The summed E-state index contributed by atoms with van der Waals surface area (Å²) < 4.78 is 24.2. The topological polar surface area (TPSA) is 20.1 Å². The summed E-state index contributed by atoms with van der Waals surface area (Å²) in [5, 5.41) is 0. The molecule has 0 aliphatic carbocycles. The van der Waals surface area contributed by atoms with Crippen LogP contribution in [0.2, 0.25) is 0 Å². The summed E-state index contributed by atoms with van der Waals surface area (Å²) in [6.45, 7) is 1.11. The summed E-state index contributed by atoms with van der Waals surface area (Å²) in [7, 11) is 0. The molecule has 0 N–H and O–H groups in total. The lowest BCUT2D eigenvalue weighted by molar-refractivity contribution is -0.128. The minimum Gasteiger partial charge on any atom is -0.275 e. The maximum atomic E-state index is 12.1. The molecule has 0 aromatic rings. The second kappa shape index (κ2) is 1.65. The van der Waals surface area contributed by atoms with E-state index in [-0.39, 0.29) is 0 Å². The molecule has 9 heavy (non-hydrogen) atoms. The van der Waals surface area contributed by atoms with E-state index < -0.39 is 16.9 Å². The van der Waals surface area contributed by atoms with Gasteiger partial charge in [-0.3, -0.25) is 9.69 Å². The Hall–Kier alpha value is -0.190. The van der Waals surface area contributed by atoms with Crippen LogP contribution < -0.4 is 0 Å². The standard InChI is InChI=1S/C4H4BrF2NO/c1-2(9)8-3(5)4(8,6)7/h3H,1H3. The van der Waals surface area contributed by atoms with Crippen LogP contribution in [-0.2, 0) is 4.79 Å².